The molecule has 1 rings (SSSR count). The minimum absolute atomic E-state index is 0.265. The van der Waals surface area contributed by atoms with Crippen molar-refractivity contribution in [2.24, 2.45) is 5.73 Å². The molecule has 0 saturated heterocycles. The summed E-state index contributed by atoms with van der Waals surface area (Å²) in [5.74, 6) is 0. The lowest BCUT2D eigenvalue weighted by atomic mass is 10.0. The lowest BCUT2D eigenvalue weighted by Crippen LogP contribution is -2.28. The molecule has 90 valence electrons. The van der Waals surface area contributed by atoms with Crippen LogP contribution in [0.1, 0.15) is 32.8 Å². The first-order valence-corrected chi connectivity index (χ1v) is 6.12. The second kappa shape index (κ2) is 5.90. The number of hydrogen-bond acceptors (Lipinski definition) is 2. The van der Waals surface area contributed by atoms with Gasteiger partial charge in [0, 0.05) is 24.8 Å². The highest BCUT2D eigenvalue weighted by Gasteiger charge is 2.11. The van der Waals surface area contributed by atoms with E-state index < -0.39 is 0 Å². The molecule has 0 aliphatic carbocycles. The van der Waals surface area contributed by atoms with E-state index in [0.29, 0.717) is 6.04 Å². The van der Waals surface area contributed by atoms with Crippen LogP contribution in [0.4, 0.5) is 5.69 Å². The summed E-state index contributed by atoms with van der Waals surface area (Å²) in [5.41, 5.74) is 8.69. The van der Waals surface area contributed by atoms with Gasteiger partial charge in [0.15, 0.2) is 0 Å². The van der Waals surface area contributed by atoms with Crippen molar-refractivity contribution < 1.29 is 0 Å². The summed E-state index contributed by atoms with van der Waals surface area (Å²) in [4.78, 5) is 2.30. The van der Waals surface area contributed by atoms with Crippen LogP contribution >= 0.6 is 0 Å². The molecule has 0 heterocycles. The summed E-state index contributed by atoms with van der Waals surface area (Å²) in [7, 11) is 2.14. The Kier molecular flexibility index (Phi) is 4.81. The van der Waals surface area contributed by atoms with Crippen LogP contribution in [-0.2, 0) is 6.42 Å². The van der Waals surface area contributed by atoms with Gasteiger partial charge < -0.3 is 10.6 Å². The van der Waals surface area contributed by atoms with Gasteiger partial charge >= 0.3 is 0 Å². The Morgan fingerprint density at radius 3 is 2.44 bits per heavy atom. The van der Waals surface area contributed by atoms with Gasteiger partial charge in [-0.1, -0.05) is 25.1 Å². The van der Waals surface area contributed by atoms with Gasteiger partial charge in [-0.15, -0.1) is 0 Å². The molecule has 2 N–H and O–H groups in total. The fourth-order valence-electron chi connectivity index (χ4n) is 1.73. The zero-order valence-corrected chi connectivity index (χ0v) is 10.9. The zero-order valence-electron chi connectivity index (χ0n) is 10.9. The lowest BCUT2D eigenvalue weighted by Gasteiger charge is -2.27. The van der Waals surface area contributed by atoms with E-state index in [1.807, 2.05) is 0 Å². The predicted molar refractivity (Wildman–Crippen MR) is 72.0 cm³/mol. The third-order valence-electron chi connectivity index (χ3n) is 3.15. The molecular formula is C14H24N2. The molecule has 0 aliphatic rings. The number of nitrogens with zero attached hydrogens (tertiary/aromatic N) is 1. The van der Waals surface area contributed by atoms with Crippen molar-refractivity contribution >= 4 is 5.69 Å². The minimum atomic E-state index is 0.265. The van der Waals surface area contributed by atoms with E-state index in [1.165, 1.54) is 11.3 Å². The fraction of sp³-hybridized carbons (Fsp3) is 0.571. The van der Waals surface area contributed by atoms with E-state index in [-0.39, 0.29) is 6.04 Å². The Balaban J connectivity index is 2.91. The topological polar surface area (TPSA) is 29.3 Å². The SMILES string of the molecule is CCC(N)Cc1ccccc1N(C)C(C)C. The molecule has 0 fully saturated rings. The van der Waals surface area contributed by atoms with Gasteiger partial charge in [-0.05, 0) is 38.3 Å². The van der Waals surface area contributed by atoms with Crippen LogP contribution in [0.3, 0.4) is 0 Å². The van der Waals surface area contributed by atoms with Crippen molar-refractivity contribution in [3.8, 4) is 0 Å². The van der Waals surface area contributed by atoms with E-state index in [1.54, 1.807) is 0 Å². The highest BCUT2D eigenvalue weighted by Crippen LogP contribution is 2.22. The maximum absolute atomic E-state index is 6.03. The number of benzene rings is 1. The van der Waals surface area contributed by atoms with E-state index in [0.717, 1.165) is 12.8 Å². The molecular weight excluding hydrogens is 196 g/mol. The molecule has 2 nitrogen and oxygen atoms in total. The molecule has 0 spiro atoms. The smallest absolute Gasteiger partial charge is 0.0399 e. The van der Waals surface area contributed by atoms with E-state index in [4.69, 9.17) is 5.73 Å². The van der Waals surface area contributed by atoms with Crippen molar-refractivity contribution in [1.82, 2.24) is 0 Å². The summed E-state index contributed by atoms with van der Waals surface area (Å²) < 4.78 is 0. The average Bonchev–Trinajstić information content (AvgIpc) is 2.28. The summed E-state index contributed by atoms with van der Waals surface area (Å²) in [6.07, 6.45) is 1.99. The molecule has 0 aromatic heterocycles. The number of hydrogen-bond donors (Lipinski definition) is 1. The average molecular weight is 220 g/mol. The van der Waals surface area contributed by atoms with Gasteiger partial charge in [-0.25, -0.2) is 0 Å². The molecule has 2 heteroatoms. The van der Waals surface area contributed by atoms with Crippen LogP contribution < -0.4 is 10.6 Å². The number of para-hydroxylation sites is 1. The standard InChI is InChI=1S/C14H24N2/c1-5-13(15)10-12-8-6-7-9-14(12)16(4)11(2)3/h6-9,11,13H,5,10,15H2,1-4H3. The molecule has 0 saturated carbocycles. The van der Waals surface area contributed by atoms with E-state index in [2.05, 4.69) is 57.0 Å². The van der Waals surface area contributed by atoms with Crippen molar-refractivity contribution in [3.63, 3.8) is 0 Å². The molecule has 1 aromatic rings. The van der Waals surface area contributed by atoms with Crippen molar-refractivity contribution in [2.45, 2.75) is 45.7 Å². The van der Waals surface area contributed by atoms with E-state index in [9.17, 15) is 0 Å². The molecule has 16 heavy (non-hydrogen) atoms. The van der Waals surface area contributed by atoms with Crippen LogP contribution in [0.5, 0.6) is 0 Å². The summed E-state index contributed by atoms with van der Waals surface area (Å²) >= 11 is 0. The first-order chi connectivity index (χ1) is 7.56. The van der Waals surface area contributed by atoms with Gasteiger partial charge in [-0.2, -0.15) is 0 Å². The van der Waals surface area contributed by atoms with Crippen LogP contribution in [-0.4, -0.2) is 19.1 Å². The minimum Gasteiger partial charge on any atom is -0.372 e. The second-order valence-corrected chi connectivity index (χ2v) is 4.71. The maximum Gasteiger partial charge on any atom is 0.0399 e. The van der Waals surface area contributed by atoms with Gasteiger partial charge in [0.05, 0.1) is 0 Å². The van der Waals surface area contributed by atoms with Crippen LogP contribution in [0.15, 0.2) is 24.3 Å². The van der Waals surface area contributed by atoms with Gasteiger partial charge in [0.1, 0.15) is 0 Å². The number of rotatable bonds is 5. The second-order valence-electron chi connectivity index (χ2n) is 4.71. The Morgan fingerprint density at radius 2 is 1.88 bits per heavy atom. The molecule has 1 unspecified atom stereocenters. The van der Waals surface area contributed by atoms with Crippen LogP contribution in [0.25, 0.3) is 0 Å². The van der Waals surface area contributed by atoms with E-state index >= 15 is 0 Å². The maximum atomic E-state index is 6.03. The molecule has 1 atom stereocenters. The normalized spacial score (nSPS) is 12.9. The molecule has 1 aromatic carbocycles. The van der Waals surface area contributed by atoms with Crippen molar-refractivity contribution in [1.29, 1.82) is 0 Å². The van der Waals surface area contributed by atoms with Crippen LogP contribution in [0, 0.1) is 0 Å². The first-order valence-electron chi connectivity index (χ1n) is 6.12. The molecule has 0 bridgehead atoms. The summed E-state index contributed by atoms with van der Waals surface area (Å²) in [6.45, 7) is 6.55. The predicted octanol–water partition coefficient (Wildman–Crippen LogP) is 2.81. The zero-order chi connectivity index (χ0) is 12.1. The van der Waals surface area contributed by atoms with Gasteiger partial charge in [-0.3, -0.25) is 0 Å². The lowest BCUT2D eigenvalue weighted by molar-refractivity contribution is 0.642. The highest BCUT2D eigenvalue weighted by molar-refractivity contribution is 5.53. The Bertz CT molecular complexity index is 320. The Morgan fingerprint density at radius 1 is 1.25 bits per heavy atom. The quantitative estimate of drug-likeness (QED) is 0.826. The Labute approximate surface area is 99.5 Å². The molecule has 0 amide bonds. The van der Waals surface area contributed by atoms with Crippen molar-refractivity contribution in [2.75, 3.05) is 11.9 Å². The number of anilines is 1. The fourth-order valence-corrected chi connectivity index (χ4v) is 1.73. The number of nitrogens with two attached hydrogens (primary N) is 1. The van der Waals surface area contributed by atoms with Crippen molar-refractivity contribution in [3.05, 3.63) is 29.8 Å². The van der Waals surface area contributed by atoms with Crippen LogP contribution in [0.2, 0.25) is 0 Å². The highest BCUT2D eigenvalue weighted by atomic mass is 15.1. The third-order valence-corrected chi connectivity index (χ3v) is 3.15. The Hall–Kier alpha value is -1.02. The summed E-state index contributed by atoms with van der Waals surface area (Å²) in [6, 6.07) is 9.33. The first kappa shape index (κ1) is 13.0. The monoisotopic (exact) mass is 220 g/mol. The summed E-state index contributed by atoms with van der Waals surface area (Å²) in [5, 5.41) is 0. The molecule has 0 aliphatic heterocycles. The molecule has 0 radical (unpaired) electrons. The van der Waals surface area contributed by atoms with Gasteiger partial charge in [0.25, 0.3) is 0 Å². The largest absolute Gasteiger partial charge is 0.372 e. The third kappa shape index (κ3) is 3.24. The van der Waals surface area contributed by atoms with Gasteiger partial charge in [0.2, 0.25) is 0 Å².